The maximum atomic E-state index is 13.6. The summed E-state index contributed by atoms with van der Waals surface area (Å²) in [5, 5.41) is 21.7. The van der Waals surface area contributed by atoms with Gasteiger partial charge in [0.1, 0.15) is 23.5 Å². The lowest BCUT2D eigenvalue weighted by atomic mass is 9.85. The quantitative estimate of drug-likeness (QED) is 0.721. The predicted molar refractivity (Wildman–Crippen MR) is 116 cm³/mol. The molecule has 10 heteroatoms. The molecule has 2 aromatic rings. The van der Waals surface area contributed by atoms with Crippen molar-refractivity contribution in [3.8, 4) is 17.0 Å². The summed E-state index contributed by atoms with van der Waals surface area (Å²) in [7, 11) is 3.06. The summed E-state index contributed by atoms with van der Waals surface area (Å²) in [5.41, 5.74) is 0.619. The monoisotopic (exact) mass is 449 g/mol. The largest absolute Gasteiger partial charge is 0.496 e. The normalized spacial score (nSPS) is 19.9. The number of aliphatic hydroxyl groups excluding tert-OH is 1. The van der Waals surface area contributed by atoms with E-state index < -0.39 is 23.6 Å². The highest BCUT2D eigenvalue weighted by molar-refractivity contribution is 6.30. The number of ether oxygens (including phenoxy) is 1. The molecule has 2 N–H and O–H groups in total. The van der Waals surface area contributed by atoms with Crippen molar-refractivity contribution >= 4 is 23.4 Å². The Balaban J connectivity index is 1.99. The third-order valence-corrected chi connectivity index (χ3v) is 5.61. The molecule has 31 heavy (non-hydrogen) atoms. The van der Waals surface area contributed by atoms with Crippen LogP contribution in [0.2, 0.25) is 5.02 Å². The maximum Gasteiger partial charge on any atom is 0.248 e. The van der Waals surface area contributed by atoms with E-state index in [1.54, 1.807) is 31.5 Å². The molecule has 1 aliphatic heterocycles. The van der Waals surface area contributed by atoms with Crippen molar-refractivity contribution in [2.24, 2.45) is 5.41 Å². The van der Waals surface area contributed by atoms with Gasteiger partial charge in [-0.05, 0) is 23.6 Å². The molecule has 1 fully saturated rings. The first kappa shape index (κ1) is 23.0. The minimum Gasteiger partial charge on any atom is -0.496 e. The lowest BCUT2D eigenvalue weighted by Gasteiger charge is -2.34. The Morgan fingerprint density at radius 2 is 2.06 bits per heavy atom. The fourth-order valence-electron chi connectivity index (χ4n) is 3.92. The molecule has 9 nitrogen and oxygen atoms in total. The highest BCUT2D eigenvalue weighted by atomic mass is 35.5. The number of nitrogens with one attached hydrogen (secondary N) is 1. The Kier molecular flexibility index (Phi) is 6.56. The molecular weight excluding hydrogens is 422 g/mol. The number of β-amino-alcohol motifs (C(OH)–C–C–N with tert-alkyl or cyclic N) is 1. The van der Waals surface area contributed by atoms with Gasteiger partial charge in [0, 0.05) is 30.6 Å². The zero-order chi connectivity index (χ0) is 22.9. The molecule has 3 rings (SSSR count). The minimum atomic E-state index is -0.756. The standard InChI is InChI=1S/C21H28ClN5O4/c1-21(2,3)18(20(30)26-10-13(28)9-16(26)19(29)23-4)27-11-15(24-25-27)14-8-12(22)6-7-17(14)31-5/h6-8,11,13,16,18,28H,9-10H2,1-5H3,(H,23,29)/t13?,16?,18-/m1/s1. The van der Waals surface area contributed by atoms with Crippen LogP contribution >= 0.6 is 11.6 Å². The number of hydrogen-bond acceptors (Lipinski definition) is 6. The van der Waals surface area contributed by atoms with E-state index in [0.29, 0.717) is 22.0 Å². The Morgan fingerprint density at radius 3 is 2.68 bits per heavy atom. The number of benzene rings is 1. The molecule has 0 spiro atoms. The fourth-order valence-corrected chi connectivity index (χ4v) is 4.09. The average Bonchev–Trinajstić information content (AvgIpc) is 3.33. The number of carbonyl (C=O) groups is 2. The lowest BCUT2D eigenvalue weighted by Crippen LogP contribution is -2.49. The van der Waals surface area contributed by atoms with Gasteiger partial charge < -0.3 is 20.1 Å². The van der Waals surface area contributed by atoms with E-state index in [-0.39, 0.29) is 24.8 Å². The van der Waals surface area contributed by atoms with E-state index in [1.807, 2.05) is 20.8 Å². The van der Waals surface area contributed by atoms with Crippen LogP contribution in [-0.2, 0) is 9.59 Å². The number of aliphatic hydroxyl groups is 1. The van der Waals surface area contributed by atoms with E-state index in [9.17, 15) is 14.7 Å². The van der Waals surface area contributed by atoms with Crippen molar-refractivity contribution in [1.29, 1.82) is 0 Å². The first-order valence-electron chi connectivity index (χ1n) is 10.0. The van der Waals surface area contributed by atoms with Gasteiger partial charge in [-0.1, -0.05) is 37.6 Å². The van der Waals surface area contributed by atoms with Crippen molar-refractivity contribution in [1.82, 2.24) is 25.2 Å². The van der Waals surface area contributed by atoms with Crippen LogP contribution in [0, 0.1) is 5.41 Å². The lowest BCUT2D eigenvalue weighted by molar-refractivity contribution is -0.144. The second kappa shape index (κ2) is 8.84. The molecule has 1 aromatic carbocycles. The Hall–Kier alpha value is -2.65. The van der Waals surface area contributed by atoms with Gasteiger partial charge in [-0.15, -0.1) is 5.10 Å². The average molecular weight is 450 g/mol. The molecule has 0 saturated carbocycles. The number of nitrogens with zero attached hydrogens (tertiary/aromatic N) is 4. The molecule has 2 unspecified atom stereocenters. The van der Waals surface area contributed by atoms with Crippen LogP contribution < -0.4 is 10.1 Å². The zero-order valence-corrected chi connectivity index (χ0v) is 19.1. The summed E-state index contributed by atoms with van der Waals surface area (Å²) in [6.45, 7) is 5.84. The summed E-state index contributed by atoms with van der Waals surface area (Å²) in [4.78, 5) is 27.3. The molecule has 2 heterocycles. The van der Waals surface area contributed by atoms with Crippen molar-refractivity contribution < 1.29 is 19.4 Å². The van der Waals surface area contributed by atoms with Crippen molar-refractivity contribution in [3.63, 3.8) is 0 Å². The van der Waals surface area contributed by atoms with Gasteiger partial charge in [0.2, 0.25) is 11.8 Å². The third kappa shape index (κ3) is 4.67. The highest BCUT2D eigenvalue weighted by Gasteiger charge is 2.45. The molecule has 3 atom stereocenters. The van der Waals surface area contributed by atoms with Crippen LogP contribution in [0.4, 0.5) is 0 Å². The Morgan fingerprint density at radius 1 is 1.35 bits per heavy atom. The van der Waals surface area contributed by atoms with Gasteiger partial charge in [0.05, 0.1) is 19.4 Å². The zero-order valence-electron chi connectivity index (χ0n) is 18.3. The van der Waals surface area contributed by atoms with Crippen molar-refractivity contribution in [3.05, 3.63) is 29.4 Å². The molecular formula is C21H28ClN5O4. The second-order valence-corrected chi connectivity index (χ2v) is 9.14. The van der Waals surface area contributed by atoms with E-state index in [4.69, 9.17) is 16.3 Å². The van der Waals surface area contributed by atoms with E-state index in [1.165, 1.54) is 16.6 Å². The molecule has 0 bridgehead atoms. The van der Waals surface area contributed by atoms with Crippen LogP contribution in [0.15, 0.2) is 24.4 Å². The topological polar surface area (TPSA) is 110 Å². The smallest absolute Gasteiger partial charge is 0.248 e. The first-order chi connectivity index (χ1) is 14.6. The van der Waals surface area contributed by atoms with Crippen molar-refractivity contribution in [2.75, 3.05) is 20.7 Å². The van der Waals surface area contributed by atoms with E-state index in [0.717, 1.165) is 0 Å². The van der Waals surface area contributed by atoms with Crippen LogP contribution in [0.25, 0.3) is 11.3 Å². The number of carbonyl (C=O) groups excluding carboxylic acids is 2. The number of hydrogen-bond donors (Lipinski definition) is 2. The molecule has 2 amide bonds. The minimum absolute atomic E-state index is 0.0904. The summed E-state index contributed by atoms with van der Waals surface area (Å²) in [6, 6.07) is 3.71. The van der Waals surface area contributed by atoms with E-state index >= 15 is 0 Å². The predicted octanol–water partition coefficient (Wildman–Crippen LogP) is 1.90. The molecule has 0 radical (unpaired) electrons. The van der Waals surface area contributed by atoms with Crippen LogP contribution in [0.1, 0.15) is 33.2 Å². The molecule has 1 aromatic heterocycles. The number of methoxy groups -OCH3 is 1. The second-order valence-electron chi connectivity index (χ2n) is 8.71. The third-order valence-electron chi connectivity index (χ3n) is 5.38. The Labute approximate surface area is 186 Å². The van der Waals surface area contributed by atoms with Gasteiger partial charge in [-0.2, -0.15) is 0 Å². The van der Waals surface area contributed by atoms with Crippen LogP contribution in [0.3, 0.4) is 0 Å². The van der Waals surface area contributed by atoms with E-state index in [2.05, 4.69) is 15.6 Å². The van der Waals surface area contributed by atoms with Gasteiger partial charge in [0.25, 0.3) is 0 Å². The SMILES string of the molecule is CNC(=O)C1CC(O)CN1C(=O)[C@@H](n1cc(-c2cc(Cl)ccc2OC)nn1)C(C)(C)C. The maximum absolute atomic E-state index is 13.6. The number of aromatic nitrogens is 3. The number of rotatable bonds is 5. The van der Waals surface area contributed by atoms with Crippen molar-refractivity contribution in [2.45, 2.75) is 45.4 Å². The molecule has 1 saturated heterocycles. The highest BCUT2D eigenvalue weighted by Crippen LogP contribution is 2.36. The van der Waals surface area contributed by atoms with Gasteiger partial charge >= 0.3 is 0 Å². The van der Waals surface area contributed by atoms with Gasteiger partial charge in [-0.25, -0.2) is 4.68 Å². The summed E-state index contributed by atoms with van der Waals surface area (Å²) >= 11 is 6.14. The van der Waals surface area contributed by atoms with Gasteiger partial charge in [0.15, 0.2) is 0 Å². The van der Waals surface area contributed by atoms with Crippen LogP contribution in [-0.4, -0.2) is 69.7 Å². The summed E-state index contributed by atoms with van der Waals surface area (Å²) in [6.07, 6.45) is 1.11. The number of halogens is 1. The van der Waals surface area contributed by atoms with Crippen LogP contribution in [0.5, 0.6) is 5.75 Å². The summed E-state index contributed by atoms with van der Waals surface area (Å²) < 4.78 is 6.91. The molecule has 168 valence electrons. The fraction of sp³-hybridized carbons (Fsp3) is 0.524. The first-order valence-corrected chi connectivity index (χ1v) is 10.4. The number of amides is 2. The molecule has 0 aliphatic carbocycles. The number of likely N-dealkylation sites (N-methyl/N-ethyl adjacent to an activating group) is 1. The number of likely N-dealkylation sites (tertiary alicyclic amines) is 1. The summed E-state index contributed by atoms with van der Waals surface area (Å²) in [5.74, 6) is -0.0231. The van der Waals surface area contributed by atoms with Gasteiger partial charge in [-0.3, -0.25) is 9.59 Å². The molecule has 1 aliphatic rings. The Bertz CT molecular complexity index is 971.